The van der Waals surface area contributed by atoms with Gasteiger partial charge in [-0.2, -0.15) is 0 Å². The molecule has 2 aromatic rings. The minimum atomic E-state index is 0.813. The van der Waals surface area contributed by atoms with Crippen LogP contribution in [0.4, 0.5) is 0 Å². The van der Waals surface area contributed by atoms with Gasteiger partial charge in [0, 0.05) is 4.88 Å². The van der Waals surface area contributed by atoms with Gasteiger partial charge in [-0.3, -0.25) is 4.79 Å². The van der Waals surface area contributed by atoms with E-state index in [9.17, 15) is 4.79 Å². The smallest absolute Gasteiger partial charge is 0.160 e. The van der Waals surface area contributed by atoms with Crippen LogP contribution in [0.3, 0.4) is 0 Å². The molecule has 0 unspecified atom stereocenters. The van der Waals surface area contributed by atoms with Crippen molar-refractivity contribution in [3.8, 4) is 10.4 Å². The number of carbonyl (C=O) groups excluding carboxylic acids is 1. The van der Waals surface area contributed by atoms with Crippen LogP contribution in [0, 0.1) is 0 Å². The largest absolute Gasteiger partial charge is 0.297 e. The van der Waals surface area contributed by atoms with Crippen LogP contribution in [0.15, 0.2) is 30.3 Å². The van der Waals surface area contributed by atoms with E-state index in [1.807, 2.05) is 6.07 Å². The van der Waals surface area contributed by atoms with E-state index in [4.69, 9.17) is 0 Å². The molecule has 0 saturated carbocycles. The van der Waals surface area contributed by atoms with Crippen molar-refractivity contribution in [2.75, 3.05) is 0 Å². The zero-order chi connectivity index (χ0) is 11.7. The summed E-state index contributed by atoms with van der Waals surface area (Å²) in [6, 6.07) is 10.5. The topological polar surface area (TPSA) is 17.1 Å². The molecule has 0 radical (unpaired) electrons. The number of benzene rings is 1. The van der Waals surface area contributed by atoms with Crippen LogP contribution in [0.2, 0.25) is 0 Å². The Morgan fingerprint density at radius 2 is 1.94 bits per heavy atom. The molecule has 0 fully saturated rings. The molecule has 1 aromatic carbocycles. The molecule has 0 aliphatic heterocycles. The van der Waals surface area contributed by atoms with Crippen molar-refractivity contribution in [1.29, 1.82) is 0 Å². The van der Waals surface area contributed by atoms with Gasteiger partial charge in [-0.15, -0.1) is 11.3 Å². The predicted molar refractivity (Wildman–Crippen MR) is 71.8 cm³/mol. The lowest BCUT2D eigenvalue weighted by atomic mass is 9.88. The fourth-order valence-corrected chi connectivity index (χ4v) is 3.45. The highest BCUT2D eigenvalue weighted by molar-refractivity contribution is 7.17. The SMILES string of the molecule is O=Cc1ccc(-c2cccc3c2CCCC3)s1. The van der Waals surface area contributed by atoms with Gasteiger partial charge in [0.15, 0.2) is 6.29 Å². The average Bonchev–Trinajstić information content (AvgIpc) is 2.87. The van der Waals surface area contributed by atoms with Gasteiger partial charge in [-0.1, -0.05) is 18.2 Å². The fraction of sp³-hybridized carbons (Fsp3) is 0.267. The number of aryl methyl sites for hydroxylation is 1. The minimum absolute atomic E-state index is 0.813. The highest BCUT2D eigenvalue weighted by Gasteiger charge is 2.14. The van der Waals surface area contributed by atoms with E-state index in [1.54, 1.807) is 11.3 Å². The zero-order valence-electron chi connectivity index (χ0n) is 9.61. The fourth-order valence-electron chi connectivity index (χ4n) is 2.57. The van der Waals surface area contributed by atoms with Gasteiger partial charge in [0.1, 0.15) is 0 Å². The molecule has 0 bridgehead atoms. The highest BCUT2D eigenvalue weighted by Crippen LogP contribution is 2.34. The first-order valence-corrected chi connectivity index (χ1v) is 6.86. The maximum Gasteiger partial charge on any atom is 0.160 e. The molecule has 3 rings (SSSR count). The number of rotatable bonds is 2. The normalized spacial score (nSPS) is 14.4. The summed E-state index contributed by atoms with van der Waals surface area (Å²) in [6.07, 6.45) is 5.91. The lowest BCUT2D eigenvalue weighted by Crippen LogP contribution is -2.03. The molecular formula is C15H14OS. The zero-order valence-corrected chi connectivity index (χ0v) is 10.4. The van der Waals surface area contributed by atoms with Gasteiger partial charge in [0.2, 0.25) is 0 Å². The molecule has 0 spiro atoms. The van der Waals surface area contributed by atoms with E-state index in [0.717, 1.165) is 11.2 Å². The second-order valence-electron chi connectivity index (χ2n) is 4.47. The monoisotopic (exact) mass is 242 g/mol. The molecule has 2 heteroatoms. The summed E-state index contributed by atoms with van der Waals surface area (Å²) >= 11 is 1.59. The standard InChI is InChI=1S/C15H14OS/c16-10-12-8-9-15(17-12)14-7-3-5-11-4-1-2-6-13(11)14/h3,5,7-10H,1-2,4,6H2. The molecule has 1 nitrogen and oxygen atoms in total. The molecule has 0 atom stereocenters. The Labute approximate surface area is 105 Å². The maximum atomic E-state index is 10.8. The first kappa shape index (κ1) is 10.7. The Balaban J connectivity index is 2.10. The quantitative estimate of drug-likeness (QED) is 0.724. The lowest BCUT2D eigenvalue weighted by Gasteiger charge is -2.18. The summed E-state index contributed by atoms with van der Waals surface area (Å²) in [5.41, 5.74) is 4.33. The average molecular weight is 242 g/mol. The van der Waals surface area contributed by atoms with E-state index in [2.05, 4.69) is 24.3 Å². The Morgan fingerprint density at radius 1 is 1.06 bits per heavy atom. The van der Waals surface area contributed by atoms with Crippen LogP contribution >= 0.6 is 11.3 Å². The lowest BCUT2D eigenvalue weighted by molar-refractivity contribution is 0.112. The van der Waals surface area contributed by atoms with Crippen molar-refractivity contribution in [1.82, 2.24) is 0 Å². The molecule has 0 N–H and O–H groups in total. The molecule has 1 aliphatic carbocycles. The van der Waals surface area contributed by atoms with Gasteiger partial charge in [0.05, 0.1) is 4.88 Å². The maximum absolute atomic E-state index is 10.8. The third-order valence-corrected chi connectivity index (χ3v) is 4.45. The number of carbonyl (C=O) groups is 1. The van der Waals surface area contributed by atoms with Crippen LogP contribution in [-0.2, 0) is 12.8 Å². The van der Waals surface area contributed by atoms with Crippen LogP contribution in [0.1, 0.15) is 33.6 Å². The molecule has 0 amide bonds. The van der Waals surface area contributed by atoms with Crippen LogP contribution in [-0.4, -0.2) is 6.29 Å². The molecular weight excluding hydrogens is 228 g/mol. The first-order valence-electron chi connectivity index (χ1n) is 6.04. The van der Waals surface area contributed by atoms with Gasteiger partial charge in [-0.05, 0) is 54.5 Å². The number of aldehydes is 1. The van der Waals surface area contributed by atoms with E-state index in [1.165, 1.54) is 47.3 Å². The minimum Gasteiger partial charge on any atom is -0.297 e. The first-order chi connectivity index (χ1) is 8.38. The van der Waals surface area contributed by atoms with Crippen molar-refractivity contribution in [3.63, 3.8) is 0 Å². The molecule has 1 aliphatic rings. The summed E-state index contributed by atoms with van der Waals surface area (Å²) in [5.74, 6) is 0. The van der Waals surface area contributed by atoms with Crippen LogP contribution in [0.5, 0.6) is 0 Å². The number of hydrogen-bond acceptors (Lipinski definition) is 2. The van der Waals surface area contributed by atoms with Crippen molar-refractivity contribution in [2.45, 2.75) is 25.7 Å². The summed E-state index contributed by atoms with van der Waals surface area (Å²) in [5, 5.41) is 0. The Kier molecular flexibility index (Phi) is 2.81. The third-order valence-electron chi connectivity index (χ3n) is 3.40. The third kappa shape index (κ3) is 1.93. The van der Waals surface area contributed by atoms with E-state index >= 15 is 0 Å². The summed E-state index contributed by atoms with van der Waals surface area (Å²) in [4.78, 5) is 12.8. The summed E-state index contributed by atoms with van der Waals surface area (Å²) in [6.45, 7) is 0. The number of hydrogen-bond donors (Lipinski definition) is 0. The van der Waals surface area contributed by atoms with Crippen molar-refractivity contribution in [2.24, 2.45) is 0 Å². The number of fused-ring (bicyclic) bond motifs is 1. The van der Waals surface area contributed by atoms with Crippen molar-refractivity contribution in [3.05, 3.63) is 46.3 Å². The summed E-state index contributed by atoms with van der Waals surface area (Å²) in [7, 11) is 0. The Morgan fingerprint density at radius 3 is 2.76 bits per heavy atom. The van der Waals surface area contributed by atoms with E-state index in [0.29, 0.717) is 0 Å². The molecule has 1 heterocycles. The van der Waals surface area contributed by atoms with Gasteiger partial charge < -0.3 is 0 Å². The van der Waals surface area contributed by atoms with Crippen LogP contribution < -0.4 is 0 Å². The highest BCUT2D eigenvalue weighted by atomic mass is 32.1. The van der Waals surface area contributed by atoms with Crippen LogP contribution in [0.25, 0.3) is 10.4 Å². The predicted octanol–water partition coefficient (Wildman–Crippen LogP) is 4.11. The van der Waals surface area contributed by atoms with Gasteiger partial charge in [-0.25, -0.2) is 0 Å². The van der Waals surface area contributed by atoms with Gasteiger partial charge >= 0.3 is 0 Å². The van der Waals surface area contributed by atoms with Crippen molar-refractivity contribution >= 4 is 17.6 Å². The van der Waals surface area contributed by atoms with E-state index < -0.39 is 0 Å². The molecule has 0 saturated heterocycles. The second kappa shape index (κ2) is 4.46. The summed E-state index contributed by atoms with van der Waals surface area (Å²) < 4.78 is 0. The van der Waals surface area contributed by atoms with E-state index in [-0.39, 0.29) is 0 Å². The molecule has 1 aromatic heterocycles. The molecule has 86 valence electrons. The number of thiophene rings is 1. The second-order valence-corrected chi connectivity index (χ2v) is 5.59. The molecule has 17 heavy (non-hydrogen) atoms. The van der Waals surface area contributed by atoms with Crippen molar-refractivity contribution < 1.29 is 4.79 Å². The Bertz CT molecular complexity index is 554. The van der Waals surface area contributed by atoms with Gasteiger partial charge in [0.25, 0.3) is 0 Å². The Hall–Kier alpha value is -1.41.